The van der Waals surface area contributed by atoms with E-state index in [9.17, 15) is 14.9 Å². The molecule has 8 nitrogen and oxygen atoms in total. The molecule has 0 aromatic heterocycles. The number of nitrogens with zero attached hydrogens (tertiary/aromatic N) is 2. The first-order valence-electron chi connectivity index (χ1n) is 12.8. The average molecular weight is 523 g/mol. The highest BCUT2D eigenvalue weighted by Crippen LogP contribution is 2.25. The van der Waals surface area contributed by atoms with E-state index in [1.807, 2.05) is 46.9 Å². The molecule has 0 bridgehead atoms. The van der Waals surface area contributed by atoms with Crippen LogP contribution in [0, 0.1) is 18.3 Å². The van der Waals surface area contributed by atoms with Crippen LogP contribution in [-0.4, -0.2) is 50.8 Å². The fourth-order valence-electron chi connectivity index (χ4n) is 3.43. The van der Waals surface area contributed by atoms with Gasteiger partial charge in [0.15, 0.2) is 12.9 Å². The third-order valence-corrected chi connectivity index (χ3v) is 5.52. The molecule has 0 aliphatic heterocycles. The second-order valence-corrected chi connectivity index (χ2v) is 10.0. The second-order valence-electron chi connectivity index (χ2n) is 10.0. The molecule has 0 spiro atoms. The van der Waals surface area contributed by atoms with Crippen LogP contribution in [0.25, 0.3) is 0 Å². The maximum Gasteiger partial charge on any atom is 0.255 e. The third-order valence-electron chi connectivity index (χ3n) is 5.52. The lowest BCUT2D eigenvalue weighted by Gasteiger charge is -2.20. The first kappa shape index (κ1) is 32.5. The zero-order valence-electron chi connectivity index (χ0n) is 24.0. The molecule has 0 fully saturated rings. The highest BCUT2D eigenvalue weighted by molar-refractivity contribution is 6.06. The Kier molecular flexibility index (Phi) is 14.0. The van der Waals surface area contributed by atoms with Crippen molar-refractivity contribution in [1.82, 2.24) is 5.32 Å². The highest BCUT2D eigenvalue weighted by atomic mass is 16.6. The number of hydrogen-bond donors (Lipinski definition) is 2. The van der Waals surface area contributed by atoms with Gasteiger partial charge in [-0.15, -0.1) is 0 Å². The molecule has 0 aliphatic carbocycles. The predicted octanol–water partition coefficient (Wildman–Crippen LogP) is 5.38. The minimum Gasteiger partial charge on any atom is -0.388 e. The van der Waals surface area contributed by atoms with E-state index in [0.717, 1.165) is 36.3 Å². The Hall–Kier alpha value is -3.54. The van der Waals surface area contributed by atoms with Crippen LogP contribution in [0.3, 0.4) is 0 Å². The van der Waals surface area contributed by atoms with Crippen LogP contribution in [-0.2, 0) is 19.8 Å². The molecule has 0 saturated heterocycles. The first-order valence-corrected chi connectivity index (χ1v) is 12.8. The van der Waals surface area contributed by atoms with Gasteiger partial charge in [0.2, 0.25) is 0 Å². The van der Waals surface area contributed by atoms with Crippen molar-refractivity contribution in [1.29, 1.82) is 5.26 Å². The molecular formula is C30H42N4O4. The number of carbonyl (C=O) groups is 2. The van der Waals surface area contributed by atoms with E-state index < -0.39 is 0 Å². The summed E-state index contributed by atoms with van der Waals surface area (Å²) < 4.78 is 5.37. The van der Waals surface area contributed by atoms with Gasteiger partial charge in [-0.25, -0.2) is 0 Å². The average Bonchev–Trinajstić information content (AvgIpc) is 2.88. The number of carbonyl (C=O) groups excluding carboxylic acids is 2. The molecule has 1 amide bonds. The normalized spacial score (nSPS) is 12.0. The zero-order valence-corrected chi connectivity index (χ0v) is 24.0. The topological polar surface area (TPSA) is 113 Å². The monoisotopic (exact) mass is 522 g/mol. The molecule has 2 aromatic rings. The number of aryl methyl sites for hydroxylation is 1. The van der Waals surface area contributed by atoms with Gasteiger partial charge in [-0.1, -0.05) is 38.9 Å². The summed E-state index contributed by atoms with van der Waals surface area (Å²) in [6.45, 7) is 15.7. The van der Waals surface area contributed by atoms with Crippen LogP contribution in [0.15, 0.2) is 41.6 Å². The van der Waals surface area contributed by atoms with Crippen LogP contribution < -0.4 is 10.6 Å². The number of oxime groups is 1. The van der Waals surface area contributed by atoms with Gasteiger partial charge in [-0.2, -0.15) is 5.26 Å². The lowest BCUT2D eigenvalue weighted by Crippen LogP contribution is -2.23. The Morgan fingerprint density at radius 3 is 2.50 bits per heavy atom. The maximum absolute atomic E-state index is 12.8. The van der Waals surface area contributed by atoms with Crippen molar-refractivity contribution in [2.75, 3.05) is 32.1 Å². The summed E-state index contributed by atoms with van der Waals surface area (Å²) in [6.07, 6.45) is 2.09. The molecule has 0 heterocycles. The number of ether oxygens (including phenoxy) is 1. The van der Waals surface area contributed by atoms with Gasteiger partial charge in [-0.3, -0.25) is 9.59 Å². The summed E-state index contributed by atoms with van der Waals surface area (Å²) in [5, 5.41) is 19.2. The molecule has 0 saturated carbocycles. The maximum atomic E-state index is 12.8. The first-order chi connectivity index (χ1) is 18.0. The zero-order chi connectivity index (χ0) is 28.7. The summed E-state index contributed by atoms with van der Waals surface area (Å²) in [7, 11) is 1.94. The van der Waals surface area contributed by atoms with Gasteiger partial charge >= 0.3 is 0 Å². The summed E-state index contributed by atoms with van der Waals surface area (Å²) >= 11 is 0. The van der Waals surface area contributed by atoms with E-state index in [1.165, 1.54) is 0 Å². The lowest BCUT2D eigenvalue weighted by molar-refractivity contribution is -0.111. The number of benzene rings is 2. The summed E-state index contributed by atoms with van der Waals surface area (Å²) in [4.78, 5) is 28.1. The van der Waals surface area contributed by atoms with Gasteiger partial charge in [0.05, 0.1) is 23.4 Å². The molecular weight excluding hydrogens is 480 g/mol. The summed E-state index contributed by atoms with van der Waals surface area (Å²) in [5.74, 6) is -0.297. The number of hydrogen-bond acceptors (Lipinski definition) is 7. The van der Waals surface area contributed by atoms with Crippen LogP contribution in [0.1, 0.15) is 80.6 Å². The van der Waals surface area contributed by atoms with Crippen molar-refractivity contribution < 1.29 is 19.2 Å². The van der Waals surface area contributed by atoms with Crippen molar-refractivity contribution in [3.05, 3.63) is 64.2 Å². The molecule has 2 rings (SSSR count). The quantitative estimate of drug-likeness (QED) is 0.177. The van der Waals surface area contributed by atoms with Crippen LogP contribution in [0.4, 0.5) is 5.69 Å². The molecule has 0 aliphatic rings. The Balaban J connectivity index is 0.000000686. The number of amides is 1. The van der Waals surface area contributed by atoms with Crippen LogP contribution in [0.5, 0.6) is 0 Å². The van der Waals surface area contributed by atoms with E-state index in [4.69, 9.17) is 9.57 Å². The SMILES string of the molecule is C/C(=N\OCC=O)c1cc(NC(=O)c2cc(C#N)cc(C(C)(C)C)c2)ccc1C.CCCOC(C)CNC. The molecule has 1 atom stereocenters. The van der Waals surface area contributed by atoms with E-state index in [0.29, 0.717) is 34.9 Å². The number of anilines is 1. The van der Waals surface area contributed by atoms with Crippen LogP contribution >= 0.6 is 0 Å². The largest absolute Gasteiger partial charge is 0.388 e. The van der Waals surface area contributed by atoms with Gasteiger partial charge in [0.25, 0.3) is 5.91 Å². The van der Waals surface area contributed by atoms with E-state index in [2.05, 4.69) is 35.7 Å². The molecule has 2 aromatic carbocycles. The number of rotatable bonds is 11. The highest BCUT2D eigenvalue weighted by Gasteiger charge is 2.18. The number of nitriles is 1. The summed E-state index contributed by atoms with van der Waals surface area (Å²) in [6, 6.07) is 12.8. The third kappa shape index (κ3) is 11.2. The minimum absolute atomic E-state index is 0.113. The van der Waals surface area contributed by atoms with E-state index in [1.54, 1.807) is 31.2 Å². The fraction of sp³-hybridized carbons (Fsp3) is 0.467. The van der Waals surface area contributed by atoms with Gasteiger partial charge in [-0.05, 0) is 81.1 Å². The van der Waals surface area contributed by atoms with Gasteiger partial charge in [0, 0.05) is 30.0 Å². The van der Waals surface area contributed by atoms with Crippen molar-refractivity contribution >= 4 is 23.6 Å². The molecule has 8 heteroatoms. The van der Waals surface area contributed by atoms with Crippen molar-refractivity contribution in [3.63, 3.8) is 0 Å². The van der Waals surface area contributed by atoms with Crippen molar-refractivity contribution in [3.8, 4) is 6.07 Å². The second kappa shape index (κ2) is 16.3. The Morgan fingerprint density at radius 1 is 1.21 bits per heavy atom. The standard InChI is InChI=1S/C23H25N3O3.C7H17NO/c1-15-6-7-20(13-21(15)16(2)26-29-9-8-27)25-22(28)18-10-17(14-24)11-19(12-18)23(3,4)5;1-4-5-9-7(2)6-8-3/h6-8,10-13H,9H2,1-5H3,(H,25,28);7-8H,4-6H2,1-3H3/b26-16+;. The Morgan fingerprint density at radius 2 is 1.92 bits per heavy atom. The van der Waals surface area contributed by atoms with Crippen molar-refractivity contribution in [2.45, 2.75) is 66.4 Å². The van der Waals surface area contributed by atoms with Crippen molar-refractivity contribution in [2.24, 2.45) is 5.16 Å². The molecule has 206 valence electrons. The molecule has 1 unspecified atom stereocenters. The number of likely N-dealkylation sites (N-methyl/N-ethyl adjacent to an activating group) is 1. The van der Waals surface area contributed by atoms with E-state index >= 15 is 0 Å². The van der Waals surface area contributed by atoms with Crippen LogP contribution in [0.2, 0.25) is 0 Å². The van der Waals surface area contributed by atoms with Gasteiger partial charge in [0.1, 0.15) is 0 Å². The lowest BCUT2D eigenvalue weighted by atomic mass is 9.85. The fourth-order valence-corrected chi connectivity index (χ4v) is 3.43. The summed E-state index contributed by atoms with van der Waals surface area (Å²) in [5.41, 5.74) is 4.56. The molecule has 38 heavy (non-hydrogen) atoms. The predicted molar refractivity (Wildman–Crippen MR) is 153 cm³/mol. The Bertz CT molecular complexity index is 1130. The minimum atomic E-state index is -0.297. The molecule has 2 N–H and O–H groups in total. The molecule has 0 radical (unpaired) electrons. The number of nitrogens with one attached hydrogen (secondary N) is 2. The van der Waals surface area contributed by atoms with Gasteiger partial charge < -0.3 is 20.2 Å². The van der Waals surface area contributed by atoms with E-state index in [-0.39, 0.29) is 17.9 Å². The Labute approximate surface area is 227 Å². The number of aldehydes is 1. The smallest absolute Gasteiger partial charge is 0.255 e.